The van der Waals surface area contributed by atoms with Crippen LogP contribution in [-0.4, -0.2) is 54.6 Å². The fourth-order valence-corrected chi connectivity index (χ4v) is 4.60. The van der Waals surface area contributed by atoms with E-state index in [1.54, 1.807) is 0 Å². The van der Waals surface area contributed by atoms with Crippen molar-refractivity contribution in [3.8, 4) is 11.1 Å². The molecule has 0 spiro atoms. The number of hydrogen-bond acceptors (Lipinski definition) is 4. The van der Waals surface area contributed by atoms with Gasteiger partial charge in [0.25, 0.3) is 0 Å². The average Bonchev–Trinajstić information content (AvgIpc) is 2.71. The van der Waals surface area contributed by atoms with E-state index >= 15 is 0 Å². The third kappa shape index (κ3) is 4.45. The summed E-state index contributed by atoms with van der Waals surface area (Å²) in [6, 6.07) is 20.3. The van der Waals surface area contributed by atoms with Crippen molar-refractivity contribution in [2.45, 2.75) is 23.8 Å². The van der Waals surface area contributed by atoms with E-state index in [9.17, 15) is 0 Å². The SMILES string of the molecule is c1ccc(-c2ccc(SN3CCN(C4CCOCC4)CC3)cc2)cc1. The molecule has 0 N–H and O–H groups in total. The first kappa shape index (κ1) is 17.1. The first-order chi connectivity index (χ1) is 12.4. The smallest absolute Gasteiger partial charge is 0.0480 e. The minimum absolute atomic E-state index is 0.742. The van der Waals surface area contributed by atoms with E-state index < -0.39 is 0 Å². The summed E-state index contributed by atoms with van der Waals surface area (Å²) in [5, 5.41) is 0. The second-order valence-electron chi connectivity index (χ2n) is 6.79. The third-order valence-electron chi connectivity index (χ3n) is 5.18. The predicted octanol–water partition coefficient (Wildman–Crippen LogP) is 4.16. The number of rotatable bonds is 4. The van der Waals surface area contributed by atoms with Crippen LogP contribution in [0.2, 0.25) is 0 Å². The molecule has 4 heteroatoms. The number of ether oxygens (including phenoxy) is 1. The summed E-state index contributed by atoms with van der Waals surface area (Å²) in [6.07, 6.45) is 2.40. The van der Waals surface area contributed by atoms with Gasteiger partial charge in [0.05, 0.1) is 0 Å². The van der Waals surface area contributed by atoms with Gasteiger partial charge in [0.2, 0.25) is 0 Å². The lowest BCUT2D eigenvalue weighted by molar-refractivity contribution is 0.0238. The van der Waals surface area contributed by atoms with Crippen LogP contribution in [0.3, 0.4) is 0 Å². The fourth-order valence-electron chi connectivity index (χ4n) is 3.70. The summed E-state index contributed by atoms with van der Waals surface area (Å²) < 4.78 is 8.00. The minimum Gasteiger partial charge on any atom is -0.381 e. The zero-order chi connectivity index (χ0) is 16.9. The Morgan fingerprint density at radius 1 is 0.760 bits per heavy atom. The van der Waals surface area contributed by atoms with E-state index in [2.05, 4.69) is 63.8 Å². The average molecular weight is 355 g/mol. The zero-order valence-corrected chi connectivity index (χ0v) is 15.5. The monoisotopic (exact) mass is 354 g/mol. The van der Waals surface area contributed by atoms with Crippen LogP contribution in [0.15, 0.2) is 59.5 Å². The second-order valence-corrected chi connectivity index (χ2v) is 7.96. The lowest BCUT2D eigenvalue weighted by Gasteiger charge is -2.40. The number of piperazine rings is 1. The van der Waals surface area contributed by atoms with Crippen molar-refractivity contribution in [3.63, 3.8) is 0 Å². The van der Waals surface area contributed by atoms with Gasteiger partial charge in [-0.25, -0.2) is 4.31 Å². The van der Waals surface area contributed by atoms with E-state index in [4.69, 9.17) is 4.74 Å². The van der Waals surface area contributed by atoms with E-state index in [0.717, 1.165) is 32.3 Å². The van der Waals surface area contributed by atoms with Gasteiger partial charge in [0.15, 0.2) is 0 Å². The molecule has 4 rings (SSSR count). The Morgan fingerprint density at radius 2 is 1.40 bits per heavy atom. The second kappa shape index (κ2) is 8.37. The standard InChI is InChI=1S/C21H26N2OS/c1-2-4-18(5-3-1)19-6-8-21(9-7-19)25-23-14-12-22(13-15-23)20-10-16-24-17-11-20/h1-9,20H,10-17H2. The molecule has 0 bridgehead atoms. The van der Waals surface area contributed by atoms with Gasteiger partial charge in [-0.1, -0.05) is 42.5 Å². The predicted molar refractivity (Wildman–Crippen MR) is 105 cm³/mol. The van der Waals surface area contributed by atoms with Crippen LogP contribution in [0.1, 0.15) is 12.8 Å². The highest BCUT2D eigenvalue weighted by Crippen LogP contribution is 2.28. The summed E-state index contributed by atoms with van der Waals surface area (Å²) in [5.41, 5.74) is 2.57. The van der Waals surface area contributed by atoms with Crippen LogP contribution in [0.4, 0.5) is 0 Å². The van der Waals surface area contributed by atoms with Crippen LogP contribution >= 0.6 is 11.9 Å². The van der Waals surface area contributed by atoms with Crippen LogP contribution in [0.25, 0.3) is 11.1 Å². The number of hydrogen-bond donors (Lipinski definition) is 0. The van der Waals surface area contributed by atoms with Crippen molar-refractivity contribution < 1.29 is 4.74 Å². The summed E-state index contributed by atoms with van der Waals surface area (Å²) in [5.74, 6) is 0. The lowest BCUT2D eigenvalue weighted by atomic mass is 10.1. The molecule has 2 aliphatic heterocycles. The topological polar surface area (TPSA) is 15.7 Å². The molecule has 0 saturated carbocycles. The molecule has 132 valence electrons. The molecule has 0 amide bonds. The summed E-state index contributed by atoms with van der Waals surface area (Å²) >= 11 is 1.90. The van der Waals surface area contributed by atoms with Crippen molar-refractivity contribution >= 4 is 11.9 Å². The molecule has 2 aromatic carbocycles. The molecule has 0 radical (unpaired) electrons. The normalized spacial score (nSPS) is 20.6. The van der Waals surface area contributed by atoms with Crippen LogP contribution < -0.4 is 0 Å². The van der Waals surface area contributed by atoms with Crippen molar-refractivity contribution in [1.29, 1.82) is 0 Å². The maximum Gasteiger partial charge on any atom is 0.0480 e. The lowest BCUT2D eigenvalue weighted by Crippen LogP contribution is -2.49. The van der Waals surface area contributed by atoms with E-state index in [1.165, 1.54) is 42.0 Å². The molecular weight excluding hydrogens is 328 g/mol. The van der Waals surface area contributed by atoms with Crippen LogP contribution in [0, 0.1) is 0 Å². The van der Waals surface area contributed by atoms with Crippen molar-refractivity contribution in [2.75, 3.05) is 39.4 Å². The molecule has 2 saturated heterocycles. The summed E-state index contributed by atoms with van der Waals surface area (Å²) in [6.45, 7) is 6.52. The first-order valence-electron chi connectivity index (χ1n) is 9.29. The zero-order valence-electron chi connectivity index (χ0n) is 14.6. The Labute approximate surface area is 155 Å². The maximum atomic E-state index is 5.49. The Kier molecular flexibility index (Phi) is 5.72. The van der Waals surface area contributed by atoms with Crippen molar-refractivity contribution in [1.82, 2.24) is 9.21 Å². The van der Waals surface area contributed by atoms with Gasteiger partial charge in [0.1, 0.15) is 0 Å². The van der Waals surface area contributed by atoms with Gasteiger partial charge in [-0.05, 0) is 48.0 Å². The Hall–Kier alpha value is -1.33. The van der Waals surface area contributed by atoms with Gasteiger partial charge in [0, 0.05) is 50.3 Å². The third-order valence-corrected chi connectivity index (χ3v) is 6.28. The van der Waals surface area contributed by atoms with E-state index in [-0.39, 0.29) is 0 Å². The summed E-state index contributed by atoms with van der Waals surface area (Å²) in [7, 11) is 0. The quantitative estimate of drug-likeness (QED) is 0.766. The van der Waals surface area contributed by atoms with E-state index in [1.807, 2.05) is 11.9 Å². The van der Waals surface area contributed by atoms with Crippen LogP contribution in [-0.2, 0) is 4.74 Å². The maximum absolute atomic E-state index is 5.49. The molecule has 2 aromatic rings. The molecule has 0 aromatic heterocycles. The molecule has 0 unspecified atom stereocenters. The molecule has 2 heterocycles. The molecule has 2 fully saturated rings. The summed E-state index contributed by atoms with van der Waals surface area (Å²) in [4.78, 5) is 4.00. The van der Waals surface area contributed by atoms with Gasteiger partial charge in [-0.2, -0.15) is 0 Å². The Morgan fingerprint density at radius 3 is 2.08 bits per heavy atom. The first-order valence-corrected chi connectivity index (χ1v) is 10.1. The highest BCUT2D eigenvalue weighted by molar-refractivity contribution is 7.97. The fraction of sp³-hybridized carbons (Fsp3) is 0.429. The minimum atomic E-state index is 0.742. The number of benzene rings is 2. The van der Waals surface area contributed by atoms with Gasteiger partial charge in [-0.3, -0.25) is 4.90 Å². The molecule has 3 nitrogen and oxygen atoms in total. The molecular formula is C21H26N2OS. The van der Waals surface area contributed by atoms with Gasteiger partial charge < -0.3 is 4.74 Å². The molecule has 25 heavy (non-hydrogen) atoms. The van der Waals surface area contributed by atoms with Crippen molar-refractivity contribution in [2.24, 2.45) is 0 Å². The largest absolute Gasteiger partial charge is 0.381 e. The van der Waals surface area contributed by atoms with Crippen molar-refractivity contribution in [3.05, 3.63) is 54.6 Å². The van der Waals surface area contributed by atoms with Gasteiger partial charge >= 0.3 is 0 Å². The Balaban J connectivity index is 1.30. The van der Waals surface area contributed by atoms with Gasteiger partial charge in [-0.15, -0.1) is 0 Å². The van der Waals surface area contributed by atoms with Crippen LogP contribution in [0.5, 0.6) is 0 Å². The molecule has 0 atom stereocenters. The molecule has 0 aliphatic carbocycles. The van der Waals surface area contributed by atoms with E-state index in [0.29, 0.717) is 0 Å². The Bertz CT molecular complexity index is 647. The highest BCUT2D eigenvalue weighted by atomic mass is 32.2. The molecule has 2 aliphatic rings. The number of nitrogens with zero attached hydrogens (tertiary/aromatic N) is 2. The highest BCUT2D eigenvalue weighted by Gasteiger charge is 2.25.